The van der Waals surface area contributed by atoms with Gasteiger partial charge in [0.25, 0.3) is 11.8 Å². The van der Waals surface area contributed by atoms with Crippen molar-refractivity contribution in [3.05, 3.63) is 58.5 Å². The molecule has 2 amide bonds. The number of furan rings is 1. The summed E-state index contributed by atoms with van der Waals surface area (Å²) < 4.78 is 5.84. The van der Waals surface area contributed by atoms with E-state index >= 15 is 0 Å². The van der Waals surface area contributed by atoms with E-state index in [0.29, 0.717) is 24.2 Å². The van der Waals surface area contributed by atoms with E-state index in [1.165, 1.54) is 13.1 Å². The van der Waals surface area contributed by atoms with Crippen molar-refractivity contribution in [2.45, 2.75) is 57.6 Å². The van der Waals surface area contributed by atoms with Crippen molar-refractivity contribution in [2.75, 3.05) is 7.05 Å². The highest BCUT2D eigenvalue weighted by Gasteiger charge is 2.28. The molecule has 0 spiro atoms. The zero-order valence-corrected chi connectivity index (χ0v) is 16.6. The van der Waals surface area contributed by atoms with Gasteiger partial charge in [-0.3, -0.25) is 9.59 Å². The number of amides is 2. The number of hydrogen-bond acceptors (Lipinski definition) is 4. The highest BCUT2D eigenvalue weighted by Crippen LogP contribution is 2.30. The molecule has 1 atom stereocenters. The lowest BCUT2D eigenvalue weighted by Crippen LogP contribution is -2.38. The van der Waals surface area contributed by atoms with Crippen LogP contribution < -0.4 is 10.6 Å². The lowest BCUT2D eigenvalue weighted by molar-refractivity contribution is 0.0864. The highest BCUT2D eigenvalue weighted by molar-refractivity contribution is 5.99. The van der Waals surface area contributed by atoms with Crippen molar-refractivity contribution in [1.82, 2.24) is 10.6 Å². The lowest BCUT2D eigenvalue weighted by atomic mass is 9.92. The molecule has 0 radical (unpaired) electrons. The molecule has 0 bridgehead atoms. The number of hydrogen-bond donors (Lipinski definition) is 3. The van der Waals surface area contributed by atoms with Crippen LogP contribution in [0.1, 0.15) is 76.3 Å². The first-order valence-corrected chi connectivity index (χ1v) is 9.80. The summed E-state index contributed by atoms with van der Waals surface area (Å²) in [5.41, 5.74) is 2.53. The molecule has 150 valence electrons. The Morgan fingerprint density at radius 3 is 2.50 bits per heavy atom. The normalized spacial score (nSPS) is 20.4. The van der Waals surface area contributed by atoms with Gasteiger partial charge in [-0.1, -0.05) is 36.8 Å². The molecule has 6 nitrogen and oxygen atoms in total. The Morgan fingerprint density at radius 1 is 1.14 bits per heavy atom. The zero-order chi connectivity index (χ0) is 20.3. The SMILES string of the molecule is CNC(=O)c1cc(C(=O)NC2CCC(O)CC2)c(C(C)c2cccc(C)c2)o1. The van der Waals surface area contributed by atoms with Crippen LogP contribution in [0.5, 0.6) is 0 Å². The highest BCUT2D eigenvalue weighted by atomic mass is 16.4. The molecule has 1 saturated carbocycles. The first kappa shape index (κ1) is 20.1. The summed E-state index contributed by atoms with van der Waals surface area (Å²) >= 11 is 0. The molecule has 1 aliphatic rings. The van der Waals surface area contributed by atoms with Crippen LogP contribution in [-0.4, -0.2) is 36.1 Å². The van der Waals surface area contributed by atoms with E-state index in [2.05, 4.69) is 16.7 Å². The summed E-state index contributed by atoms with van der Waals surface area (Å²) in [5.74, 6) is -0.168. The molecule has 3 N–H and O–H groups in total. The molecule has 1 heterocycles. The Bertz CT molecular complexity index is 850. The fourth-order valence-corrected chi connectivity index (χ4v) is 3.71. The number of carbonyl (C=O) groups is 2. The van der Waals surface area contributed by atoms with E-state index < -0.39 is 0 Å². The largest absolute Gasteiger partial charge is 0.454 e. The maximum absolute atomic E-state index is 13.0. The Labute approximate surface area is 165 Å². The molecule has 2 aromatic rings. The van der Waals surface area contributed by atoms with E-state index in [-0.39, 0.29) is 35.6 Å². The van der Waals surface area contributed by atoms with Gasteiger partial charge in [0.05, 0.1) is 11.7 Å². The van der Waals surface area contributed by atoms with Crippen LogP contribution in [0.4, 0.5) is 0 Å². The van der Waals surface area contributed by atoms with Crippen LogP contribution >= 0.6 is 0 Å². The molecule has 0 saturated heterocycles. The lowest BCUT2D eigenvalue weighted by Gasteiger charge is -2.26. The number of aliphatic hydroxyl groups excluding tert-OH is 1. The van der Waals surface area contributed by atoms with Crippen LogP contribution in [0.2, 0.25) is 0 Å². The number of aliphatic hydroxyl groups is 1. The summed E-state index contributed by atoms with van der Waals surface area (Å²) in [6.45, 7) is 3.98. The smallest absolute Gasteiger partial charge is 0.286 e. The molecular formula is C22H28N2O4. The second kappa shape index (κ2) is 8.61. The molecule has 28 heavy (non-hydrogen) atoms. The number of carbonyl (C=O) groups excluding carboxylic acids is 2. The Morgan fingerprint density at radius 2 is 1.86 bits per heavy atom. The van der Waals surface area contributed by atoms with E-state index in [4.69, 9.17) is 4.42 Å². The molecule has 1 fully saturated rings. The Hall–Kier alpha value is -2.60. The van der Waals surface area contributed by atoms with E-state index in [9.17, 15) is 14.7 Å². The quantitative estimate of drug-likeness (QED) is 0.739. The first-order valence-electron chi connectivity index (χ1n) is 9.80. The van der Waals surface area contributed by atoms with Crippen LogP contribution in [0.3, 0.4) is 0 Å². The second-order valence-electron chi connectivity index (χ2n) is 7.58. The average molecular weight is 384 g/mol. The fraction of sp³-hybridized carbons (Fsp3) is 0.455. The van der Waals surface area contributed by atoms with Crippen molar-refractivity contribution in [1.29, 1.82) is 0 Å². The van der Waals surface area contributed by atoms with E-state index in [0.717, 1.165) is 24.0 Å². The third-order valence-corrected chi connectivity index (χ3v) is 5.42. The monoisotopic (exact) mass is 384 g/mol. The van der Waals surface area contributed by atoms with Crippen molar-refractivity contribution in [3.63, 3.8) is 0 Å². The predicted octanol–water partition coefficient (Wildman–Crippen LogP) is 3.13. The van der Waals surface area contributed by atoms with Gasteiger partial charge in [-0.05, 0) is 38.2 Å². The second-order valence-corrected chi connectivity index (χ2v) is 7.58. The molecule has 0 aliphatic heterocycles. The van der Waals surface area contributed by atoms with Crippen molar-refractivity contribution in [3.8, 4) is 0 Å². The van der Waals surface area contributed by atoms with Gasteiger partial charge in [-0.15, -0.1) is 0 Å². The summed E-state index contributed by atoms with van der Waals surface area (Å²) in [7, 11) is 1.53. The Kier molecular flexibility index (Phi) is 6.19. The summed E-state index contributed by atoms with van der Waals surface area (Å²) in [6, 6.07) is 9.57. The van der Waals surface area contributed by atoms with Gasteiger partial charge >= 0.3 is 0 Å². The molecule has 1 aromatic carbocycles. The van der Waals surface area contributed by atoms with Crippen LogP contribution in [0.25, 0.3) is 0 Å². The third kappa shape index (κ3) is 4.44. The van der Waals surface area contributed by atoms with Crippen molar-refractivity contribution < 1.29 is 19.1 Å². The first-order chi connectivity index (χ1) is 13.4. The summed E-state index contributed by atoms with van der Waals surface area (Å²) in [5, 5.41) is 15.2. The molecule has 6 heteroatoms. The average Bonchev–Trinajstić information content (AvgIpc) is 3.14. The van der Waals surface area contributed by atoms with Gasteiger partial charge in [0.2, 0.25) is 0 Å². The van der Waals surface area contributed by atoms with Crippen LogP contribution in [0, 0.1) is 6.92 Å². The topological polar surface area (TPSA) is 91.6 Å². The predicted molar refractivity (Wildman–Crippen MR) is 107 cm³/mol. The number of rotatable bonds is 5. The molecular weight excluding hydrogens is 356 g/mol. The minimum Gasteiger partial charge on any atom is -0.454 e. The maximum Gasteiger partial charge on any atom is 0.286 e. The van der Waals surface area contributed by atoms with E-state index in [1.807, 2.05) is 32.0 Å². The van der Waals surface area contributed by atoms with Crippen LogP contribution in [-0.2, 0) is 0 Å². The van der Waals surface area contributed by atoms with Gasteiger partial charge in [0.1, 0.15) is 5.76 Å². The molecule has 1 aromatic heterocycles. The standard InChI is InChI=1S/C22H28N2O4/c1-13-5-4-6-15(11-13)14(2)20-18(12-19(28-20)22(27)23-3)21(26)24-16-7-9-17(25)10-8-16/h4-6,11-12,14,16-17,25H,7-10H2,1-3H3,(H,23,27)(H,24,26). The minimum atomic E-state index is -0.363. The van der Waals surface area contributed by atoms with Crippen molar-refractivity contribution in [2.24, 2.45) is 0 Å². The number of nitrogens with one attached hydrogen (secondary N) is 2. The summed E-state index contributed by atoms with van der Waals surface area (Å²) in [6.07, 6.45) is 2.59. The zero-order valence-electron chi connectivity index (χ0n) is 16.6. The fourth-order valence-electron chi connectivity index (χ4n) is 3.71. The third-order valence-electron chi connectivity index (χ3n) is 5.42. The minimum absolute atomic E-state index is 0.0244. The van der Waals surface area contributed by atoms with Gasteiger partial charge < -0.3 is 20.2 Å². The van der Waals surface area contributed by atoms with Crippen LogP contribution in [0.15, 0.2) is 34.7 Å². The molecule has 1 aliphatic carbocycles. The number of aryl methyl sites for hydroxylation is 1. The van der Waals surface area contributed by atoms with Gasteiger partial charge in [-0.2, -0.15) is 0 Å². The summed E-state index contributed by atoms with van der Waals surface area (Å²) in [4.78, 5) is 25.1. The van der Waals surface area contributed by atoms with Gasteiger partial charge in [-0.25, -0.2) is 0 Å². The maximum atomic E-state index is 13.0. The van der Waals surface area contributed by atoms with Gasteiger partial charge in [0, 0.05) is 25.1 Å². The molecule has 1 unspecified atom stereocenters. The number of benzene rings is 1. The molecule has 3 rings (SSSR count). The van der Waals surface area contributed by atoms with Gasteiger partial charge in [0.15, 0.2) is 5.76 Å². The van der Waals surface area contributed by atoms with Crippen molar-refractivity contribution >= 4 is 11.8 Å². The van der Waals surface area contributed by atoms with E-state index in [1.54, 1.807) is 0 Å². The Balaban J connectivity index is 1.89.